The van der Waals surface area contributed by atoms with Crippen molar-refractivity contribution < 1.29 is 19.8 Å². The number of nitrogens with one attached hydrogen (secondary N) is 1. The lowest BCUT2D eigenvalue weighted by Crippen LogP contribution is -2.22. The molecule has 1 aromatic carbocycles. The second-order valence-corrected chi connectivity index (χ2v) is 4.03. The fourth-order valence-electron chi connectivity index (χ4n) is 1.56. The molecule has 104 valence electrons. The molecule has 20 heavy (non-hydrogen) atoms. The van der Waals surface area contributed by atoms with Gasteiger partial charge in [-0.25, -0.2) is 4.68 Å². The average Bonchev–Trinajstić information content (AvgIpc) is 2.82. The van der Waals surface area contributed by atoms with Crippen molar-refractivity contribution in [1.29, 1.82) is 0 Å². The van der Waals surface area contributed by atoms with Crippen LogP contribution in [-0.2, 0) is 17.9 Å². The zero-order chi connectivity index (χ0) is 14.5. The average molecular weight is 276 g/mol. The summed E-state index contributed by atoms with van der Waals surface area (Å²) in [6.07, 6.45) is 1.44. The first-order valence-electron chi connectivity index (χ1n) is 5.72. The number of phenolic OH excluding ortho intramolecular Hbond substituents is 1. The minimum absolute atomic E-state index is 0.00468. The molecular weight excluding hydrogens is 264 g/mol. The van der Waals surface area contributed by atoms with E-state index in [2.05, 4.69) is 15.6 Å². The molecule has 8 nitrogen and oxygen atoms in total. The number of aromatic nitrogens is 3. The molecule has 3 N–H and O–H groups in total. The molecular formula is C12H12N4O4. The number of carboxylic acids is 1. The standard InChI is InChI=1S/C12H12N4O4/c17-10-3-1-2-8(4-10)12(20)13-5-9-6-16(15-14-9)7-11(18)19/h1-4,6,17H,5,7H2,(H,13,20)(H,18,19). The second-order valence-electron chi connectivity index (χ2n) is 4.03. The summed E-state index contributed by atoms with van der Waals surface area (Å²) in [5.41, 5.74) is 0.766. The number of carbonyl (C=O) groups is 2. The summed E-state index contributed by atoms with van der Waals surface area (Å²) in [6, 6.07) is 5.94. The van der Waals surface area contributed by atoms with E-state index in [0.29, 0.717) is 11.3 Å². The van der Waals surface area contributed by atoms with Gasteiger partial charge in [-0.15, -0.1) is 5.10 Å². The van der Waals surface area contributed by atoms with Crippen molar-refractivity contribution in [3.63, 3.8) is 0 Å². The van der Waals surface area contributed by atoms with Crippen molar-refractivity contribution in [3.05, 3.63) is 41.7 Å². The van der Waals surface area contributed by atoms with Crippen LogP contribution in [0, 0.1) is 0 Å². The maximum absolute atomic E-state index is 11.8. The van der Waals surface area contributed by atoms with Crippen LogP contribution in [-0.4, -0.2) is 37.1 Å². The molecule has 2 rings (SSSR count). The monoisotopic (exact) mass is 276 g/mol. The van der Waals surface area contributed by atoms with Gasteiger partial charge >= 0.3 is 5.97 Å². The summed E-state index contributed by atoms with van der Waals surface area (Å²) in [5, 5.41) is 27.8. The molecule has 0 unspecified atom stereocenters. The van der Waals surface area contributed by atoms with Gasteiger partial charge in [0, 0.05) is 5.56 Å². The van der Waals surface area contributed by atoms with Crippen LogP contribution < -0.4 is 5.32 Å². The van der Waals surface area contributed by atoms with Gasteiger partial charge in [-0.3, -0.25) is 9.59 Å². The van der Waals surface area contributed by atoms with Gasteiger partial charge in [0.2, 0.25) is 0 Å². The third-order valence-electron chi connectivity index (χ3n) is 2.42. The first-order valence-corrected chi connectivity index (χ1v) is 5.72. The van der Waals surface area contributed by atoms with E-state index < -0.39 is 5.97 Å². The third-order valence-corrected chi connectivity index (χ3v) is 2.42. The maximum Gasteiger partial charge on any atom is 0.325 e. The number of hydrogen-bond donors (Lipinski definition) is 3. The number of nitrogens with zero attached hydrogens (tertiary/aromatic N) is 3. The molecule has 0 aliphatic rings. The Morgan fingerprint density at radius 1 is 1.35 bits per heavy atom. The van der Waals surface area contributed by atoms with Gasteiger partial charge in [-0.1, -0.05) is 11.3 Å². The Bertz CT molecular complexity index is 638. The van der Waals surface area contributed by atoms with Crippen LogP contribution in [0.3, 0.4) is 0 Å². The minimum Gasteiger partial charge on any atom is -0.508 e. The van der Waals surface area contributed by atoms with Gasteiger partial charge < -0.3 is 15.5 Å². The molecule has 8 heteroatoms. The van der Waals surface area contributed by atoms with Crippen molar-refractivity contribution in [1.82, 2.24) is 20.3 Å². The molecule has 0 radical (unpaired) electrons. The predicted octanol–water partition coefficient (Wildman–Crippen LogP) is -0.00170. The van der Waals surface area contributed by atoms with Crippen molar-refractivity contribution in [2.75, 3.05) is 0 Å². The molecule has 0 saturated carbocycles. The number of phenols is 1. The number of hydrogen-bond acceptors (Lipinski definition) is 5. The summed E-state index contributed by atoms with van der Waals surface area (Å²) in [6.45, 7) is -0.165. The van der Waals surface area contributed by atoms with Crippen LogP contribution in [0.5, 0.6) is 5.75 Å². The molecule has 0 aliphatic carbocycles. The van der Waals surface area contributed by atoms with Gasteiger partial charge in [0.05, 0.1) is 12.7 Å². The fourth-order valence-corrected chi connectivity index (χ4v) is 1.56. The molecule has 0 spiro atoms. The summed E-state index contributed by atoms with van der Waals surface area (Å²) in [4.78, 5) is 22.3. The Kier molecular flexibility index (Phi) is 3.94. The van der Waals surface area contributed by atoms with Gasteiger partial charge in [0.25, 0.3) is 5.91 Å². The maximum atomic E-state index is 11.8. The minimum atomic E-state index is -1.02. The van der Waals surface area contributed by atoms with E-state index in [9.17, 15) is 14.7 Å². The molecule has 1 heterocycles. The van der Waals surface area contributed by atoms with Crippen molar-refractivity contribution in [3.8, 4) is 5.75 Å². The summed E-state index contributed by atoms with van der Waals surface area (Å²) >= 11 is 0. The molecule has 0 atom stereocenters. The molecule has 1 amide bonds. The van der Waals surface area contributed by atoms with E-state index >= 15 is 0 Å². The molecule has 1 aromatic heterocycles. The number of aliphatic carboxylic acids is 1. The topological polar surface area (TPSA) is 117 Å². The van der Waals surface area contributed by atoms with Crippen LogP contribution in [0.2, 0.25) is 0 Å². The van der Waals surface area contributed by atoms with Gasteiger partial charge in [-0.05, 0) is 18.2 Å². The molecule has 0 fully saturated rings. The first-order chi connectivity index (χ1) is 9.54. The van der Waals surface area contributed by atoms with Crippen molar-refractivity contribution in [2.24, 2.45) is 0 Å². The van der Waals surface area contributed by atoms with E-state index in [-0.39, 0.29) is 24.7 Å². The number of rotatable bonds is 5. The smallest absolute Gasteiger partial charge is 0.325 e. The Morgan fingerprint density at radius 2 is 2.15 bits per heavy atom. The van der Waals surface area contributed by atoms with Crippen LogP contribution in [0.15, 0.2) is 30.5 Å². The Morgan fingerprint density at radius 3 is 2.85 bits per heavy atom. The van der Waals surface area contributed by atoms with Gasteiger partial charge in [-0.2, -0.15) is 0 Å². The van der Waals surface area contributed by atoms with Crippen molar-refractivity contribution >= 4 is 11.9 Å². The highest BCUT2D eigenvalue weighted by Gasteiger charge is 2.08. The highest BCUT2D eigenvalue weighted by Crippen LogP contribution is 2.10. The van der Waals surface area contributed by atoms with E-state index in [1.54, 1.807) is 12.1 Å². The summed E-state index contributed by atoms with van der Waals surface area (Å²) in [5.74, 6) is -1.39. The summed E-state index contributed by atoms with van der Waals surface area (Å²) in [7, 11) is 0. The number of amides is 1. The van der Waals surface area contributed by atoms with Crippen LogP contribution in [0.25, 0.3) is 0 Å². The van der Waals surface area contributed by atoms with Gasteiger partial charge in [0.15, 0.2) is 0 Å². The predicted molar refractivity (Wildman–Crippen MR) is 66.9 cm³/mol. The lowest BCUT2D eigenvalue weighted by Gasteiger charge is -2.03. The number of carbonyl (C=O) groups excluding carboxylic acids is 1. The fraction of sp³-hybridized carbons (Fsp3) is 0.167. The first kappa shape index (κ1) is 13.5. The van der Waals surface area contributed by atoms with E-state index in [0.717, 1.165) is 4.68 Å². The summed E-state index contributed by atoms with van der Waals surface area (Å²) < 4.78 is 1.16. The van der Waals surface area contributed by atoms with Crippen molar-refractivity contribution in [2.45, 2.75) is 13.1 Å². The zero-order valence-electron chi connectivity index (χ0n) is 10.4. The van der Waals surface area contributed by atoms with Crippen LogP contribution in [0.4, 0.5) is 0 Å². The molecule has 0 bridgehead atoms. The molecule has 0 saturated heterocycles. The quantitative estimate of drug-likeness (QED) is 0.707. The lowest BCUT2D eigenvalue weighted by atomic mass is 10.2. The Labute approximate surface area is 113 Å². The highest BCUT2D eigenvalue weighted by molar-refractivity contribution is 5.94. The van der Waals surface area contributed by atoms with Gasteiger partial charge in [0.1, 0.15) is 18.0 Å². The highest BCUT2D eigenvalue weighted by atomic mass is 16.4. The zero-order valence-corrected chi connectivity index (χ0v) is 10.4. The lowest BCUT2D eigenvalue weighted by molar-refractivity contribution is -0.137. The van der Waals surface area contributed by atoms with Crippen LogP contribution >= 0.6 is 0 Å². The van der Waals surface area contributed by atoms with Crippen LogP contribution in [0.1, 0.15) is 16.1 Å². The Hall–Kier alpha value is -2.90. The number of aromatic hydroxyl groups is 1. The Balaban J connectivity index is 1.93. The molecule has 0 aliphatic heterocycles. The normalized spacial score (nSPS) is 10.2. The van der Waals surface area contributed by atoms with E-state index in [1.807, 2.05) is 0 Å². The second kappa shape index (κ2) is 5.83. The largest absolute Gasteiger partial charge is 0.508 e. The number of benzene rings is 1. The third kappa shape index (κ3) is 3.55. The van der Waals surface area contributed by atoms with E-state index in [4.69, 9.17) is 5.11 Å². The molecule has 2 aromatic rings. The SMILES string of the molecule is O=C(O)Cn1cc(CNC(=O)c2cccc(O)c2)nn1. The number of carboxylic acid groups (broad SMARTS) is 1. The van der Waals surface area contributed by atoms with E-state index in [1.165, 1.54) is 18.3 Å².